The monoisotopic (exact) mass is 534 g/mol. The van der Waals surface area contributed by atoms with Gasteiger partial charge in [0.05, 0.1) is 12.6 Å². The van der Waals surface area contributed by atoms with Crippen LogP contribution in [-0.4, -0.2) is 69.5 Å². The van der Waals surface area contributed by atoms with E-state index in [1.807, 2.05) is 0 Å². The summed E-state index contributed by atoms with van der Waals surface area (Å²) in [6, 6.07) is 0. The molecule has 1 heterocycles. The highest BCUT2D eigenvalue weighted by molar-refractivity contribution is 14.0. The van der Waals surface area contributed by atoms with Crippen LogP contribution < -0.4 is 10.6 Å². The highest BCUT2D eigenvalue weighted by Gasteiger charge is 2.32. The third kappa shape index (κ3) is 12.2. The third-order valence-corrected chi connectivity index (χ3v) is 5.70. The summed E-state index contributed by atoms with van der Waals surface area (Å²) in [4.78, 5) is 5.74. The van der Waals surface area contributed by atoms with Crippen molar-refractivity contribution in [3.8, 4) is 0 Å². The van der Waals surface area contributed by atoms with Gasteiger partial charge in [0.15, 0.2) is 5.96 Å². The van der Waals surface area contributed by atoms with E-state index in [4.69, 9.17) is 4.74 Å². The van der Waals surface area contributed by atoms with E-state index in [2.05, 4.69) is 15.6 Å². The van der Waals surface area contributed by atoms with Crippen molar-refractivity contribution in [2.75, 3.05) is 46.4 Å². The van der Waals surface area contributed by atoms with Crippen LogP contribution in [0.5, 0.6) is 0 Å². The first-order valence-corrected chi connectivity index (χ1v) is 10.8. The molecule has 0 aromatic heterocycles. The Hall–Kier alpha value is -0.290. The van der Waals surface area contributed by atoms with Gasteiger partial charge in [0, 0.05) is 26.7 Å². The van der Waals surface area contributed by atoms with E-state index in [1.165, 1.54) is 37.0 Å². The Bertz CT molecular complexity index is 451. The van der Waals surface area contributed by atoms with Crippen LogP contribution >= 0.6 is 24.0 Å². The molecule has 172 valence electrons. The summed E-state index contributed by atoms with van der Waals surface area (Å²) in [6.07, 6.45) is 6.28. The lowest BCUT2D eigenvalue weighted by Crippen LogP contribution is -2.41. The molecule has 1 saturated heterocycles. The average molecular weight is 534 g/mol. The summed E-state index contributed by atoms with van der Waals surface area (Å²) in [5.41, 5.74) is 0. The van der Waals surface area contributed by atoms with Crippen LogP contribution in [0, 0.1) is 5.92 Å². The van der Waals surface area contributed by atoms with Crippen molar-refractivity contribution in [3.05, 3.63) is 0 Å². The maximum Gasteiger partial charge on any atom is 0.401 e. The molecule has 1 saturated carbocycles. The van der Waals surface area contributed by atoms with Crippen molar-refractivity contribution >= 4 is 29.9 Å². The van der Waals surface area contributed by atoms with Gasteiger partial charge in [-0.15, -0.1) is 24.0 Å². The van der Waals surface area contributed by atoms with Crippen molar-refractivity contribution in [1.29, 1.82) is 0 Å². The second kappa shape index (κ2) is 14.7. The van der Waals surface area contributed by atoms with E-state index in [0.717, 1.165) is 51.3 Å². The van der Waals surface area contributed by atoms with Crippen LogP contribution in [0.25, 0.3) is 0 Å². The number of nitrogens with zero attached hydrogens (tertiary/aromatic N) is 2. The van der Waals surface area contributed by atoms with Gasteiger partial charge in [-0.1, -0.05) is 19.3 Å². The molecule has 0 unspecified atom stereocenters. The Morgan fingerprint density at radius 3 is 2.31 bits per heavy atom. The number of nitrogens with one attached hydrogen (secondary N) is 2. The first-order valence-electron chi connectivity index (χ1n) is 10.8. The predicted molar refractivity (Wildman–Crippen MR) is 122 cm³/mol. The number of hydrogen-bond donors (Lipinski definition) is 2. The fraction of sp³-hybridized carbons (Fsp3) is 0.950. The number of alkyl halides is 3. The lowest BCUT2D eigenvalue weighted by molar-refractivity contribution is -0.148. The molecule has 2 N–H and O–H groups in total. The topological polar surface area (TPSA) is 48.9 Å². The maximum absolute atomic E-state index is 12.4. The fourth-order valence-electron chi connectivity index (χ4n) is 4.06. The lowest BCUT2D eigenvalue weighted by Gasteiger charge is -2.32. The number of hydrogen-bond acceptors (Lipinski definition) is 3. The summed E-state index contributed by atoms with van der Waals surface area (Å²) in [7, 11) is 1.75. The average Bonchev–Trinajstić information content (AvgIpc) is 2.67. The van der Waals surface area contributed by atoms with E-state index < -0.39 is 12.7 Å². The number of guanidine groups is 1. The number of halogens is 4. The molecule has 1 aliphatic carbocycles. The molecule has 9 heteroatoms. The zero-order valence-corrected chi connectivity index (χ0v) is 19.9. The highest BCUT2D eigenvalue weighted by Crippen LogP contribution is 2.24. The number of likely N-dealkylation sites (tertiary alicyclic amines) is 1. The van der Waals surface area contributed by atoms with Gasteiger partial charge in [-0.3, -0.25) is 9.89 Å². The minimum Gasteiger partial charge on any atom is -0.378 e. The van der Waals surface area contributed by atoms with Gasteiger partial charge in [-0.05, 0) is 57.5 Å². The Labute approximate surface area is 190 Å². The molecule has 0 spiro atoms. The van der Waals surface area contributed by atoms with Crippen LogP contribution in [0.15, 0.2) is 4.99 Å². The van der Waals surface area contributed by atoms with Crippen LogP contribution in [0.4, 0.5) is 13.2 Å². The second-order valence-electron chi connectivity index (χ2n) is 8.03. The zero-order chi connectivity index (χ0) is 20.2. The zero-order valence-electron chi connectivity index (χ0n) is 17.6. The Morgan fingerprint density at radius 1 is 1.03 bits per heavy atom. The predicted octanol–water partition coefficient (Wildman–Crippen LogP) is 4.17. The van der Waals surface area contributed by atoms with Gasteiger partial charge in [0.25, 0.3) is 0 Å². The van der Waals surface area contributed by atoms with Crippen molar-refractivity contribution < 1.29 is 17.9 Å². The summed E-state index contributed by atoms with van der Waals surface area (Å²) in [6.45, 7) is 2.70. The first-order chi connectivity index (χ1) is 13.5. The summed E-state index contributed by atoms with van der Waals surface area (Å²) < 4.78 is 43.2. The normalized spacial score (nSPS) is 20.3. The van der Waals surface area contributed by atoms with Gasteiger partial charge in [-0.2, -0.15) is 13.2 Å². The smallest absolute Gasteiger partial charge is 0.378 e. The second-order valence-corrected chi connectivity index (χ2v) is 8.03. The minimum atomic E-state index is -4.09. The van der Waals surface area contributed by atoms with Crippen LogP contribution in [0.1, 0.15) is 57.8 Å². The molecule has 1 aliphatic heterocycles. The quantitative estimate of drug-likeness (QED) is 0.202. The molecule has 2 rings (SSSR count). The van der Waals surface area contributed by atoms with Crippen molar-refractivity contribution in [2.24, 2.45) is 10.9 Å². The third-order valence-electron chi connectivity index (χ3n) is 5.70. The molecular formula is C20H38F3IN4O. The molecule has 5 nitrogen and oxygen atoms in total. The molecule has 0 aromatic carbocycles. The molecular weight excluding hydrogens is 496 g/mol. The Morgan fingerprint density at radius 2 is 1.69 bits per heavy atom. The molecule has 0 amide bonds. The number of ether oxygens (including phenoxy) is 1. The van der Waals surface area contributed by atoms with Gasteiger partial charge in [0.2, 0.25) is 0 Å². The van der Waals surface area contributed by atoms with Crippen LogP contribution in [0.3, 0.4) is 0 Å². The Balaban J connectivity index is 0.00000420. The molecule has 2 fully saturated rings. The fourth-order valence-corrected chi connectivity index (χ4v) is 4.06. The molecule has 0 radical (unpaired) electrons. The number of rotatable bonds is 9. The van der Waals surface area contributed by atoms with Gasteiger partial charge in [-0.25, -0.2) is 0 Å². The molecule has 0 atom stereocenters. The van der Waals surface area contributed by atoms with Crippen LogP contribution in [-0.2, 0) is 4.74 Å². The van der Waals surface area contributed by atoms with E-state index in [-0.39, 0.29) is 24.0 Å². The van der Waals surface area contributed by atoms with E-state index >= 15 is 0 Å². The van der Waals surface area contributed by atoms with E-state index in [1.54, 1.807) is 7.05 Å². The number of piperidine rings is 1. The molecule has 2 aliphatic rings. The first kappa shape index (κ1) is 26.7. The largest absolute Gasteiger partial charge is 0.401 e. The van der Waals surface area contributed by atoms with Crippen molar-refractivity contribution in [3.63, 3.8) is 0 Å². The summed E-state index contributed by atoms with van der Waals surface area (Å²) >= 11 is 0. The van der Waals surface area contributed by atoms with Gasteiger partial charge in [0.1, 0.15) is 0 Å². The van der Waals surface area contributed by atoms with Gasteiger partial charge < -0.3 is 15.4 Å². The van der Waals surface area contributed by atoms with Crippen LogP contribution in [0.2, 0.25) is 0 Å². The van der Waals surface area contributed by atoms with E-state index in [0.29, 0.717) is 25.1 Å². The maximum atomic E-state index is 12.4. The van der Waals surface area contributed by atoms with Crippen molar-refractivity contribution in [1.82, 2.24) is 15.5 Å². The minimum absolute atomic E-state index is 0. The lowest BCUT2D eigenvalue weighted by atomic mass is 9.93. The summed E-state index contributed by atoms with van der Waals surface area (Å²) in [5.74, 6) is 1.27. The van der Waals surface area contributed by atoms with E-state index in [9.17, 15) is 13.2 Å². The SMILES string of the molecule is CN=C(NCCCOC1CCCCC1)NCCC1CCN(CC(F)(F)F)CC1.I. The Kier molecular flexibility index (Phi) is 13.5. The highest BCUT2D eigenvalue weighted by atomic mass is 127. The standard InChI is InChI=1S/C20H37F3N4O.HI/c1-24-19(25-11-5-15-28-18-6-3-2-4-7-18)26-12-8-17-9-13-27(14-10-17)16-20(21,22)23;/h17-18H,2-16H2,1H3,(H2,24,25,26);1H. The number of aliphatic imine (C=N–C) groups is 1. The molecule has 29 heavy (non-hydrogen) atoms. The molecule has 0 aromatic rings. The molecule has 0 bridgehead atoms. The summed E-state index contributed by atoms with van der Waals surface area (Å²) in [5, 5.41) is 6.61. The van der Waals surface area contributed by atoms with Crippen molar-refractivity contribution in [2.45, 2.75) is 70.1 Å². The van der Waals surface area contributed by atoms with Gasteiger partial charge >= 0.3 is 6.18 Å².